The van der Waals surface area contributed by atoms with Crippen LogP contribution in [0.15, 0.2) is 59.8 Å². The van der Waals surface area contributed by atoms with Crippen LogP contribution in [0.2, 0.25) is 0 Å². The normalized spacial score (nSPS) is 19.5. The number of hydrazone groups is 1. The van der Waals surface area contributed by atoms with Crippen molar-refractivity contribution in [3.63, 3.8) is 0 Å². The molecular weight excluding hydrogens is 512 g/mol. The molecule has 3 N–H and O–H groups in total. The zero-order valence-electron chi connectivity index (χ0n) is 23.1. The highest BCUT2D eigenvalue weighted by atomic mass is 16.4. The van der Waals surface area contributed by atoms with E-state index in [1.807, 2.05) is 48.5 Å². The summed E-state index contributed by atoms with van der Waals surface area (Å²) in [5.74, 6) is -1.08. The number of carbonyl (C=O) groups is 4. The van der Waals surface area contributed by atoms with E-state index in [1.165, 1.54) is 18.9 Å². The van der Waals surface area contributed by atoms with E-state index in [9.17, 15) is 24.3 Å². The molecule has 2 aliphatic heterocycles. The standard InChI is InChI=1S/C29H36N6O5/c1-28(2,32-27(39)40)25(37)31-22(14-9-13-21-12-7-8-16-30-21)24(36)35-17-15-23-29(19-35,26(38)34(3)33-23)18-20-10-5-4-6-11-20/h4-8,10-12,16,22,32H,9,13-15,17-19H2,1-3H3,(H,31,37)(H,39,40)/t22-,29-/m1/s1. The van der Waals surface area contributed by atoms with Crippen molar-refractivity contribution in [2.45, 2.75) is 57.5 Å². The van der Waals surface area contributed by atoms with Gasteiger partial charge >= 0.3 is 6.09 Å². The summed E-state index contributed by atoms with van der Waals surface area (Å²) in [5.41, 5.74) is 0.168. The van der Waals surface area contributed by atoms with Crippen LogP contribution in [-0.4, -0.2) is 81.2 Å². The zero-order valence-corrected chi connectivity index (χ0v) is 23.1. The van der Waals surface area contributed by atoms with Gasteiger partial charge in [0.25, 0.3) is 5.91 Å². The molecule has 0 unspecified atom stereocenters. The number of pyridine rings is 1. The first-order valence-corrected chi connectivity index (χ1v) is 13.4. The predicted octanol–water partition coefficient (Wildman–Crippen LogP) is 2.22. The molecule has 1 aromatic carbocycles. The largest absolute Gasteiger partial charge is 0.465 e. The molecule has 2 atom stereocenters. The molecule has 1 saturated heterocycles. The van der Waals surface area contributed by atoms with Gasteiger partial charge in [-0.25, -0.2) is 9.80 Å². The van der Waals surface area contributed by atoms with Crippen LogP contribution in [0.25, 0.3) is 0 Å². The van der Waals surface area contributed by atoms with E-state index in [4.69, 9.17) is 0 Å². The molecule has 40 heavy (non-hydrogen) atoms. The number of carbonyl (C=O) groups excluding carboxylic acids is 3. The maximum absolute atomic E-state index is 14.0. The molecule has 2 aromatic rings. The predicted molar refractivity (Wildman–Crippen MR) is 148 cm³/mol. The second-order valence-corrected chi connectivity index (χ2v) is 10.9. The SMILES string of the molecule is CN1N=C2CCN(C(=O)[C@@H](CCCc3ccccn3)NC(=O)C(C)(C)NC(=O)O)C[C@@]2(Cc2ccccc2)C1=O. The Balaban J connectivity index is 1.56. The Morgan fingerprint density at radius 3 is 2.52 bits per heavy atom. The topological polar surface area (TPSA) is 144 Å². The number of aryl methyl sites for hydroxylation is 1. The van der Waals surface area contributed by atoms with Gasteiger partial charge in [-0.1, -0.05) is 36.4 Å². The van der Waals surface area contributed by atoms with Crippen molar-refractivity contribution in [1.82, 2.24) is 25.5 Å². The highest BCUT2D eigenvalue weighted by Gasteiger charge is 2.54. The zero-order chi connectivity index (χ0) is 28.9. The Bertz CT molecular complexity index is 1280. The van der Waals surface area contributed by atoms with Crippen molar-refractivity contribution >= 4 is 29.5 Å². The number of piperidine rings is 1. The van der Waals surface area contributed by atoms with E-state index in [1.54, 1.807) is 18.1 Å². The van der Waals surface area contributed by atoms with Crippen molar-refractivity contribution in [2.75, 3.05) is 20.1 Å². The number of nitrogens with zero attached hydrogens (tertiary/aromatic N) is 4. The Hall–Kier alpha value is -4.28. The lowest BCUT2D eigenvalue weighted by Gasteiger charge is -2.41. The second-order valence-electron chi connectivity index (χ2n) is 10.9. The first-order chi connectivity index (χ1) is 19.0. The van der Waals surface area contributed by atoms with Crippen LogP contribution in [0.1, 0.15) is 44.4 Å². The van der Waals surface area contributed by atoms with E-state index in [0.717, 1.165) is 17.0 Å². The quantitative estimate of drug-likeness (QED) is 0.415. The Labute approximate surface area is 233 Å². The Kier molecular flexibility index (Phi) is 8.51. The minimum atomic E-state index is -1.45. The molecule has 1 fully saturated rings. The molecule has 212 valence electrons. The first-order valence-electron chi connectivity index (χ1n) is 13.4. The van der Waals surface area contributed by atoms with Crippen LogP contribution in [0.4, 0.5) is 4.79 Å². The number of hydrogen-bond donors (Lipinski definition) is 3. The number of nitrogens with one attached hydrogen (secondary N) is 2. The van der Waals surface area contributed by atoms with Gasteiger partial charge in [0, 0.05) is 38.4 Å². The third-order valence-electron chi connectivity index (χ3n) is 7.51. The smallest absolute Gasteiger partial charge is 0.405 e. The molecule has 11 heteroatoms. The van der Waals surface area contributed by atoms with Gasteiger partial charge in [0.1, 0.15) is 17.0 Å². The number of carboxylic acid groups (broad SMARTS) is 1. The Morgan fingerprint density at radius 2 is 1.85 bits per heavy atom. The van der Waals surface area contributed by atoms with Gasteiger partial charge in [-0.2, -0.15) is 5.10 Å². The minimum Gasteiger partial charge on any atom is -0.465 e. The van der Waals surface area contributed by atoms with E-state index < -0.39 is 29.0 Å². The number of aromatic nitrogens is 1. The highest BCUT2D eigenvalue weighted by molar-refractivity contribution is 6.13. The molecule has 0 aliphatic carbocycles. The summed E-state index contributed by atoms with van der Waals surface area (Å²) in [6.07, 6.45) is 2.71. The Morgan fingerprint density at radius 1 is 1.12 bits per heavy atom. The summed E-state index contributed by atoms with van der Waals surface area (Å²) in [6, 6.07) is 14.4. The lowest BCUT2D eigenvalue weighted by molar-refractivity contribution is -0.142. The fourth-order valence-electron chi connectivity index (χ4n) is 5.39. The van der Waals surface area contributed by atoms with Gasteiger partial charge < -0.3 is 20.6 Å². The van der Waals surface area contributed by atoms with Crippen molar-refractivity contribution < 1.29 is 24.3 Å². The molecule has 0 spiro atoms. The molecule has 2 aliphatic rings. The van der Waals surface area contributed by atoms with Crippen LogP contribution in [0.3, 0.4) is 0 Å². The molecule has 4 rings (SSSR count). The van der Waals surface area contributed by atoms with Gasteiger partial charge in [0.2, 0.25) is 11.8 Å². The average molecular weight is 549 g/mol. The average Bonchev–Trinajstić information content (AvgIpc) is 3.16. The lowest BCUT2D eigenvalue weighted by atomic mass is 9.73. The van der Waals surface area contributed by atoms with Crippen LogP contribution >= 0.6 is 0 Å². The summed E-state index contributed by atoms with van der Waals surface area (Å²) >= 11 is 0. The summed E-state index contributed by atoms with van der Waals surface area (Å²) in [7, 11) is 1.63. The first kappa shape index (κ1) is 28.7. The van der Waals surface area contributed by atoms with Gasteiger partial charge in [0.15, 0.2) is 0 Å². The second kappa shape index (κ2) is 11.8. The number of benzene rings is 1. The van der Waals surface area contributed by atoms with Crippen molar-refractivity contribution in [3.8, 4) is 0 Å². The van der Waals surface area contributed by atoms with Crippen LogP contribution < -0.4 is 10.6 Å². The molecule has 11 nitrogen and oxygen atoms in total. The molecule has 0 radical (unpaired) electrons. The van der Waals surface area contributed by atoms with Gasteiger partial charge in [-0.05, 0) is 57.2 Å². The lowest BCUT2D eigenvalue weighted by Crippen LogP contribution is -2.61. The van der Waals surface area contributed by atoms with Crippen LogP contribution in [0, 0.1) is 5.41 Å². The summed E-state index contributed by atoms with van der Waals surface area (Å²) in [5, 5.41) is 20.0. The number of likely N-dealkylation sites (tertiary alicyclic amines) is 1. The molecule has 4 amide bonds. The number of amides is 4. The molecule has 3 heterocycles. The van der Waals surface area contributed by atoms with E-state index in [0.29, 0.717) is 38.6 Å². The van der Waals surface area contributed by atoms with Crippen LogP contribution in [-0.2, 0) is 27.2 Å². The van der Waals surface area contributed by atoms with E-state index in [2.05, 4.69) is 20.7 Å². The highest BCUT2D eigenvalue weighted by Crippen LogP contribution is 2.38. The summed E-state index contributed by atoms with van der Waals surface area (Å²) < 4.78 is 0. The summed E-state index contributed by atoms with van der Waals surface area (Å²) in [6.45, 7) is 3.39. The van der Waals surface area contributed by atoms with Crippen molar-refractivity contribution in [1.29, 1.82) is 0 Å². The van der Waals surface area contributed by atoms with Gasteiger partial charge in [-0.15, -0.1) is 0 Å². The van der Waals surface area contributed by atoms with Gasteiger partial charge in [0.05, 0.1) is 5.71 Å². The van der Waals surface area contributed by atoms with Crippen LogP contribution in [0.5, 0.6) is 0 Å². The third-order valence-corrected chi connectivity index (χ3v) is 7.51. The van der Waals surface area contributed by atoms with Crippen molar-refractivity contribution in [2.24, 2.45) is 10.5 Å². The molecule has 0 saturated carbocycles. The molecule has 1 aromatic heterocycles. The monoisotopic (exact) mass is 548 g/mol. The fourth-order valence-corrected chi connectivity index (χ4v) is 5.39. The van der Waals surface area contributed by atoms with Crippen molar-refractivity contribution in [3.05, 3.63) is 66.0 Å². The minimum absolute atomic E-state index is 0.145. The molecule has 0 bridgehead atoms. The van der Waals surface area contributed by atoms with E-state index in [-0.39, 0.29) is 18.4 Å². The fraction of sp³-hybridized carbons (Fsp3) is 0.448. The number of fused-ring (bicyclic) bond motifs is 1. The third kappa shape index (κ3) is 6.30. The molecular formula is C29H36N6O5. The van der Waals surface area contributed by atoms with Gasteiger partial charge in [-0.3, -0.25) is 19.4 Å². The maximum Gasteiger partial charge on any atom is 0.405 e. The summed E-state index contributed by atoms with van der Waals surface area (Å²) in [4.78, 5) is 57.8. The van der Waals surface area contributed by atoms with E-state index >= 15 is 0 Å². The number of rotatable bonds is 10. The number of hydrogen-bond acceptors (Lipinski definition) is 6. The maximum atomic E-state index is 14.0.